The number of benzene rings is 3. The number of nitrogens with zero attached hydrogens (tertiary/aromatic N) is 2. The van der Waals surface area contributed by atoms with Gasteiger partial charge in [-0.2, -0.15) is 0 Å². The van der Waals surface area contributed by atoms with Crippen molar-refractivity contribution in [1.82, 2.24) is 4.98 Å². The second-order valence-electron chi connectivity index (χ2n) is 9.97. The summed E-state index contributed by atoms with van der Waals surface area (Å²) < 4.78 is 31.9. The van der Waals surface area contributed by atoms with E-state index in [9.17, 15) is 19.1 Å². The van der Waals surface area contributed by atoms with E-state index in [1.54, 1.807) is 42.5 Å². The molecule has 1 fully saturated rings. The van der Waals surface area contributed by atoms with E-state index in [1.165, 1.54) is 23.1 Å². The van der Waals surface area contributed by atoms with Crippen LogP contribution in [0.5, 0.6) is 17.2 Å². The highest BCUT2D eigenvalue weighted by Crippen LogP contribution is 2.46. The number of thiazole rings is 1. The second-order valence-corrected chi connectivity index (χ2v) is 11.0. The number of carbonyl (C=O) groups excluding carboxylic acids is 2. The number of amides is 1. The highest BCUT2D eigenvalue weighted by atomic mass is 32.1. The first-order valence-corrected chi connectivity index (χ1v) is 14.3. The van der Waals surface area contributed by atoms with E-state index in [0.29, 0.717) is 51.6 Å². The Morgan fingerprint density at radius 2 is 2.00 bits per heavy atom. The lowest BCUT2D eigenvalue weighted by molar-refractivity contribution is -0.132. The first-order chi connectivity index (χ1) is 20.3. The van der Waals surface area contributed by atoms with Crippen LogP contribution in [-0.4, -0.2) is 41.1 Å². The number of ether oxygens (including phenoxy) is 3. The molecule has 3 heterocycles. The van der Waals surface area contributed by atoms with Crippen molar-refractivity contribution in [1.29, 1.82) is 0 Å². The topological polar surface area (TPSA) is 98.2 Å². The van der Waals surface area contributed by atoms with Crippen LogP contribution in [0.4, 0.5) is 9.52 Å². The van der Waals surface area contributed by atoms with Gasteiger partial charge in [0.15, 0.2) is 16.6 Å². The molecule has 2 aliphatic rings. The number of anilines is 1. The number of hydrogen-bond acceptors (Lipinski definition) is 8. The third-order valence-electron chi connectivity index (χ3n) is 7.10. The van der Waals surface area contributed by atoms with Crippen LogP contribution in [-0.2, 0) is 16.0 Å². The summed E-state index contributed by atoms with van der Waals surface area (Å²) in [6, 6.07) is 13.3. The standard InChI is InChI=1S/C32H27FN2O6S/c1-4-12-40-24-11-6-18(15-25(24)39-5-2)28-27(29(36)19-7-10-23-20(14-19)13-17(3)41-23)30(37)31(38)35(28)32-34-22-9-8-21(33)16-26(22)42-32/h4,6-11,14-17,28,36H,1,5,12-13H2,2-3H3/b29-27+/t17-,28-/m0/s1. The van der Waals surface area contributed by atoms with Gasteiger partial charge in [0.2, 0.25) is 0 Å². The minimum Gasteiger partial charge on any atom is -0.507 e. The number of carbonyl (C=O) groups is 2. The Hall–Kier alpha value is -4.70. The van der Waals surface area contributed by atoms with E-state index in [0.717, 1.165) is 16.9 Å². The van der Waals surface area contributed by atoms with Crippen LogP contribution in [0.15, 0.2) is 72.8 Å². The van der Waals surface area contributed by atoms with Gasteiger partial charge in [-0.05, 0) is 73.5 Å². The lowest BCUT2D eigenvalue weighted by Crippen LogP contribution is -2.29. The van der Waals surface area contributed by atoms with Gasteiger partial charge in [-0.15, -0.1) is 0 Å². The molecule has 0 saturated carbocycles. The molecular formula is C32H27FN2O6S. The van der Waals surface area contributed by atoms with Crippen molar-refractivity contribution in [2.75, 3.05) is 18.1 Å². The SMILES string of the molecule is C=CCOc1ccc([C@H]2/C(=C(\O)c3ccc4c(c3)C[C@H](C)O4)C(=O)C(=O)N2c2nc3ccc(F)cc3s2)cc1OCC. The molecule has 3 aromatic carbocycles. The van der Waals surface area contributed by atoms with Gasteiger partial charge >= 0.3 is 5.91 Å². The molecular weight excluding hydrogens is 559 g/mol. The normalized spacial score (nSPS) is 19.2. The largest absolute Gasteiger partial charge is 0.507 e. The molecule has 6 rings (SSSR count). The van der Waals surface area contributed by atoms with Crippen molar-refractivity contribution >= 4 is 44.1 Å². The minimum atomic E-state index is -1.05. The maximum atomic E-state index is 14.0. The van der Waals surface area contributed by atoms with Gasteiger partial charge in [-0.25, -0.2) is 9.37 Å². The van der Waals surface area contributed by atoms with E-state index < -0.39 is 23.5 Å². The van der Waals surface area contributed by atoms with Crippen LogP contribution in [0.3, 0.4) is 0 Å². The number of fused-ring (bicyclic) bond motifs is 2. The van der Waals surface area contributed by atoms with Crippen LogP contribution < -0.4 is 19.1 Å². The van der Waals surface area contributed by atoms with Crippen LogP contribution in [0.1, 0.15) is 36.6 Å². The summed E-state index contributed by atoms with van der Waals surface area (Å²) in [6.45, 7) is 8.05. The Balaban J connectivity index is 1.54. The minimum absolute atomic E-state index is 0.00865. The molecule has 4 aromatic rings. The third kappa shape index (κ3) is 4.77. The zero-order chi connectivity index (χ0) is 29.5. The Labute approximate surface area is 245 Å². The highest BCUT2D eigenvalue weighted by Gasteiger charge is 2.48. The summed E-state index contributed by atoms with van der Waals surface area (Å²) in [6.07, 6.45) is 2.25. The van der Waals surface area contributed by atoms with Crippen LogP contribution in [0, 0.1) is 5.82 Å². The molecule has 0 unspecified atom stereocenters. The Morgan fingerprint density at radius 3 is 2.79 bits per heavy atom. The molecule has 1 aromatic heterocycles. The molecule has 1 amide bonds. The molecule has 8 nitrogen and oxygen atoms in total. The quantitative estimate of drug-likeness (QED) is 0.111. The molecule has 0 radical (unpaired) electrons. The van der Waals surface area contributed by atoms with Gasteiger partial charge in [0, 0.05) is 12.0 Å². The summed E-state index contributed by atoms with van der Waals surface area (Å²) in [7, 11) is 0. The summed E-state index contributed by atoms with van der Waals surface area (Å²) in [5, 5.41) is 11.8. The Kier molecular flexibility index (Phi) is 7.16. The molecule has 2 atom stereocenters. The van der Waals surface area contributed by atoms with Crippen LogP contribution in [0.2, 0.25) is 0 Å². The summed E-state index contributed by atoms with van der Waals surface area (Å²) in [5.41, 5.74) is 2.16. The molecule has 214 valence electrons. The third-order valence-corrected chi connectivity index (χ3v) is 8.12. The zero-order valence-corrected chi connectivity index (χ0v) is 23.7. The molecule has 1 N–H and O–H groups in total. The van der Waals surface area contributed by atoms with E-state index in [4.69, 9.17) is 14.2 Å². The van der Waals surface area contributed by atoms with Gasteiger partial charge in [-0.1, -0.05) is 30.1 Å². The number of hydrogen-bond donors (Lipinski definition) is 1. The van der Waals surface area contributed by atoms with E-state index >= 15 is 0 Å². The van der Waals surface area contributed by atoms with Gasteiger partial charge in [-0.3, -0.25) is 14.5 Å². The van der Waals surface area contributed by atoms with E-state index in [2.05, 4.69) is 11.6 Å². The second kappa shape index (κ2) is 10.9. The predicted octanol–water partition coefficient (Wildman–Crippen LogP) is 6.35. The van der Waals surface area contributed by atoms with Crippen LogP contribution in [0.25, 0.3) is 16.0 Å². The number of aromatic nitrogens is 1. The molecule has 0 bridgehead atoms. The molecule has 1 saturated heterocycles. The number of rotatable bonds is 8. The molecule has 10 heteroatoms. The van der Waals surface area contributed by atoms with Crippen molar-refractivity contribution in [3.05, 3.63) is 95.3 Å². The van der Waals surface area contributed by atoms with Crippen molar-refractivity contribution in [2.45, 2.75) is 32.4 Å². The van der Waals surface area contributed by atoms with Gasteiger partial charge in [0.05, 0.1) is 28.4 Å². The first kappa shape index (κ1) is 27.5. The average molecular weight is 587 g/mol. The number of aliphatic hydroxyl groups excluding tert-OH is 1. The molecule has 2 aliphatic heterocycles. The van der Waals surface area contributed by atoms with Gasteiger partial charge < -0.3 is 19.3 Å². The predicted molar refractivity (Wildman–Crippen MR) is 158 cm³/mol. The van der Waals surface area contributed by atoms with Crippen molar-refractivity contribution < 1.29 is 33.3 Å². The molecule has 42 heavy (non-hydrogen) atoms. The van der Waals surface area contributed by atoms with E-state index in [1.807, 2.05) is 13.8 Å². The highest BCUT2D eigenvalue weighted by molar-refractivity contribution is 7.22. The van der Waals surface area contributed by atoms with Crippen molar-refractivity contribution in [3.63, 3.8) is 0 Å². The maximum Gasteiger partial charge on any atom is 0.301 e. The van der Waals surface area contributed by atoms with E-state index in [-0.39, 0.29) is 29.2 Å². The fourth-order valence-electron chi connectivity index (χ4n) is 5.29. The molecule has 0 aliphatic carbocycles. The number of aliphatic hydroxyl groups is 1. The zero-order valence-electron chi connectivity index (χ0n) is 22.9. The lowest BCUT2D eigenvalue weighted by Gasteiger charge is -2.24. The monoisotopic (exact) mass is 586 g/mol. The Morgan fingerprint density at radius 1 is 1.17 bits per heavy atom. The summed E-state index contributed by atoms with van der Waals surface area (Å²) in [4.78, 5) is 33.1. The first-order valence-electron chi connectivity index (χ1n) is 13.5. The average Bonchev–Trinajstić information content (AvgIpc) is 3.63. The fraction of sp³-hybridized carbons (Fsp3) is 0.219. The number of ketones is 1. The fourth-order valence-corrected chi connectivity index (χ4v) is 6.31. The summed E-state index contributed by atoms with van der Waals surface area (Å²) in [5.74, 6) is -0.905. The van der Waals surface area contributed by atoms with Gasteiger partial charge in [0.25, 0.3) is 5.78 Å². The van der Waals surface area contributed by atoms with Crippen LogP contribution >= 0.6 is 11.3 Å². The smallest absolute Gasteiger partial charge is 0.301 e. The molecule has 0 spiro atoms. The lowest BCUT2D eigenvalue weighted by atomic mass is 9.94. The Bertz CT molecular complexity index is 1780. The van der Waals surface area contributed by atoms with Gasteiger partial charge in [0.1, 0.15) is 30.0 Å². The van der Waals surface area contributed by atoms with Crippen molar-refractivity contribution in [2.24, 2.45) is 0 Å². The number of Topliss-reactive ketones (excluding diaryl/α,β-unsaturated/α-hetero) is 1. The van der Waals surface area contributed by atoms with Crippen molar-refractivity contribution in [3.8, 4) is 17.2 Å². The summed E-state index contributed by atoms with van der Waals surface area (Å²) >= 11 is 1.08. The maximum absolute atomic E-state index is 14.0. The number of halogens is 1.